The molecule has 15 heavy (non-hydrogen) atoms. The van der Waals surface area contributed by atoms with Crippen LogP contribution in [0.5, 0.6) is 0 Å². The molecule has 0 fully saturated rings. The predicted molar refractivity (Wildman–Crippen MR) is 50.4 cm³/mol. The van der Waals surface area contributed by atoms with Crippen molar-refractivity contribution in [2.75, 3.05) is 13.2 Å². The molecule has 0 saturated carbocycles. The summed E-state index contributed by atoms with van der Waals surface area (Å²) < 4.78 is 9.57. The highest BCUT2D eigenvalue weighted by atomic mass is 16.5. The second kappa shape index (κ2) is 4.39. The second-order valence-electron chi connectivity index (χ2n) is 3.69. The van der Waals surface area contributed by atoms with Gasteiger partial charge in [-0.25, -0.2) is 4.79 Å². The van der Waals surface area contributed by atoms with Crippen LogP contribution in [0.25, 0.3) is 0 Å². The minimum Gasteiger partial charge on any atom is -0.460 e. The number of ether oxygens (including phenoxy) is 1. The summed E-state index contributed by atoms with van der Waals surface area (Å²) in [6.45, 7) is 5.27. The summed E-state index contributed by atoms with van der Waals surface area (Å²) in [6, 6.07) is 0. The van der Waals surface area contributed by atoms with E-state index < -0.39 is 11.4 Å². The maximum atomic E-state index is 11.2. The molecule has 0 aliphatic heterocycles. The van der Waals surface area contributed by atoms with Crippen LogP contribution in [0.4, 0.5) is 0 Å². The Bertz CT molecular complexity index is 346. The number of esters is 1. The van der Waals surface area contributed by atoms with Crippen molar-refractivity contribution in [3.8, 4) is 0 Å². The molecule has 0 aliphatic carbocycles. The van der Waals surface area contributed by atoms with Gasteiger partial charge in [0.25, 0.3) is 5.82 Å². The molecule has 1 rings (SSSR count). The molecule has 84 valence electrons. The fourth-order valence-electron chi connectivity index (χ4n) is 0.845. The zero-order valence-corrected chi connectivity index (χ0v) is 8.98. The van der Waals surface area contributed by atoms with Gasteiger partial charge >= 0.3 is 5.97 Å². The summed E-state index contributed by atoms with van der Waals surface area (Å²) in [5.41, 5.74) is -0.655. The summed E-state index contributed by atoms with van der Waals surface area (Å²) >= 11 is 0. The van der Waals surface area contributed by atoms with Gasteiger partial charge in [0, 0.05) is 0 Å². The number of aliphatic hydroxyl groups is 1. The molecule has 0 bridgehead atoms. The van der Waals surface area contributed by atoms with Crippen molar-refractivity contribution in [1.82, 2.24) is 10.1 Å². The third kappa shape index (κ3) is 2.53. The highest BCUT2D eigenvalue weighted by Gasteiger charge is 2.28. The first kappa shape index (κ1) is 11.6. The molecule has 0 atom stereocenters. The number of hydrogen-bond donors (Lipinski definition) is 1. The van der Waals surface area contributed by atoms with Crippen molar-refractivity contribution >= 4 is 5.97 Å². The second-order valence-corrected chi connectivity index (χ2v) is 3.69. The molecule has 1 heterocycles. The van der Waals surface area contributed by atoms with Crippen LogP contribution in [0.1, 0.15) is 37.3 Å². The quantitative estimate of drug-likeness (QED) is 0.735. The zero-order chi connectivity index (χ0) is 11.5. The van der Waals surface area contributed by atoms with E-state index in [1.165, 1.54) is 0 Å². The lowest BCUT2D eigenvalue weighted by molar-refractivity contribution is 0.0508. The minimum absolute atomic E-state index is 0.117. The van der Waals surface area contributed by atoms with E-state index in [2.05, 4.69) is 10.1 Å². The van der Waals surface area contributed by atoms with Gasteiger partial charge in [0.05, 0.1) is 18.6 Å². The highest BCUT2D eigenvalue weighted by molar-refractivity contribution is 5.84. The Labute approximate surface area is 87.2 Å². The summed E-state index contributed by atoms with van der Waals surface area (Å²) in [7, 11) is 0. The Kier molecular flexibility index (Phi) is 3.41. The number of carbonyl (C=O) groups is 1. The van der Waals surface area contributed by atoms with Crippen LogP contribution in [0.2, 0.25) is 0 Å². The molecule has 6 heteroatoms. The van der Waals surface area contributed by atoms with E-state index in [9.17, 15) is 4.79 Å². The number of nitrogens with zero attached hydrogens (tertiary/aromatic N) is 2. The molecule has 0 unspecified atom stereocenters. The smallest absolute Gasteiger partial charge is 0.379 e. The Morgan fingerprint density at radius 1 is 1.60 bits per heavy atom. The van der Waals surface area contributed by atoms with Crippen LogP contribution in [0, 0.1) is 0 Å². The molecular formula is C9H14N2O4. The maximum absolute atomic E-state index is 11.2. The lowest BCUT2D eigenvalue weighted by Gasteiger charge is -2.14. The zero-order valence-electron chi connectivity index (χ0n) is 8.98. The van der Waals surface area contributed by atoms with E-state index in [1.807, 2.05) is 0 Å². The fraction of sp³-hybridized carbons (Fsp3) is 0.667. The van der Waals surface area contributed by atoms with Gasteiger partial charge in [-0.05, 0) is 25.9 Å². The molecular weight excluding hydrogens is 200 g/mol. The first-order valence-corrected chi connectivity index (χ1v) is 4.63. The Balaban J connectivity index is 2.85. The van der Waals surface area contributed by atoms with Crippen LogP contribution in [0.15, 0.2) is 4.52 Å². The molecule has 0 aliphatic rings. The highest BCUT2D eigenvalue weighted by Crippen LogP contribution is 2.20. The summed E-state index contributed by atoms with van der Waals surface area (Å²) in [6.07, 6.45) is 0. The van der Waals surface area contributed by atoms with Gasteiger partial charge in [-0.3, -0.25) is 0 Å². The lowest BCUT2D eigenvalue weighted by Crippen LogP contribution is -2.22. The van der Waals surface area contributed by atoms with Gasteiger partial charge in [-0.1, -0.05) is 0 Å². The van der Waals surface area contributed by atoms with Crippen molar-refractivity contribution in [2.45, 2.75) is 26.2 Å². The first-order valence-electron chi connectivity index (χ1n) is 4.63. The average molecular weight is 214 g/mol. The van der Waals surface area contributed by atoms with E-state index in [4.69, 9.17) is 14.4 Å². The van der Waals surface area contributed by atoms with Gasteiger partial charge in [-0.15, -0.1) is 0 Å². The SMILES string of the molecule is CCOC(=O)c1noc(C(C)(C)CO)n1. The monoisotopic (exact) mass is 214 g/mol. The van der Waals surface area contributed by atoms with Gasteiger partial charge in [0.15, 0.2) is 0 Å². The Morgan fingerprint density at radius 3 is 2.80 bits per heavy atom. The predicted octanol–water partition coefficient (Wildman–Crippen LogP) is 0.516. The van der Waals surface area contributed by atoms with E-state index >= 15 is 0 Å². The van der Waals surface area contributed by atoms with Crippen molar-refractivity contribution in [2.24, 2.45) is 0 Å². The van der Waals surface area contributed by atoms with Crippen molar-refractivity contribution in [3.63, 3.8) is 0 Å². The van der Waals surface area contributed by atoms with Gasteiger partial charge < -0.3 is 14.4 Å². The van der Waals surface area contributed by atoms with E-state index in [1.54, 1.807) is 20.8 Å². The molecule has 0 radical (unpaired) electrons. The van der Waals surface area contributed by atoms with Crippen LogP contribution >= 0.6 is 0 Å². The summed E-state index contributed by atoms with van der Waals surface area (Å²) in [4.78, 5) is 15.1. The normalized spacial score (nSPS) is 11.5. The minimum atomic E-state index is -0.655. The average Bonchev–Trinajstić information content (AvgIpc) is 2.67. The third-order valence-corrected chi connectivity index (χ3v) is 1.86. The van der Waals surface area contributed by atoms with Gasteiger partial charge in [-0.2, -0.15) is 4.98 Å². The number of carbonyl (C=O) groups excluding carboxylic acids is 1. The Hall–Kier alpha value is -1.43. The molecule has 0 saturated heterocycles. The molecule has 1 aromatic rings. The molecule has 0 amide bonds. The van der Waals surface area contributed by atoms with Crippen LogP contribution in [0.3, 0.4) is 0 Å². The molecule has 1 aromatic heterocycles. The standard InChI is InChI=1S/C9H14N2O4/c1-4-14-7(13)6-10-8(15-11-6)9(2,3)5-12/h12H,4-5H2,1-3H3. The van der Waals surface area contributed by atoms with Crippen LogP contribution < -0.4 is 0 Å². The molecule has 6 nitrogen and oxygen atoms in total. The number of hydrogen-bond acceptors (Lipinski definition) is 6. The van der Waals surface area contributed by atoms with E-state index in [0.717, 1.165) is 0 Å². The molecule has 0 spiro atoms. The fourth-order valence-corrected chi connectivity index (χ4v) is 0.845. The maximum Gasteiger partial charge on any atom is 0.379 e. The topological polar surface area (TPSA) is 85.5 Å². The largest absolute Gasteiger partial charge is 0.460 e. The van der Waals surface area contributed by atoms with Gasteiger partial charge in [0.2, 0.25) is 5.89 Å². The van der Waals surface area contributed by atoms with Gasteiger partial charge in [0.1, 0.15) is 0 Å². The molecule has 1 N–H and O–H groups in total. The van der Waals surface area contributed by atoms with Crippen LogP contribution in [-0.2, 0) is 10.2 Å². The number of rotatable bonds is 4. The molecule has 0 aromatic carbocycles. The Morgan fingerprint density at radius 2 is 2.27 bits per heavy atom. The van der Waals surface area contributed by atoms with Crippen molar-refractivity contribution < 1.29 is 19.2 Å². The summed E-state index contributed by atoms with van der Waals surface area (Å²) in [5, 5.41) is 12.5. The number of aromatic nitrogens is 2. The van der Waals surface area contributed by atoms with Crippen molar-refractivity contribution in [1.29, 1.82) is 0 Å². The van der Waals surface area contributed by atoms with Crippen molar-refractivity contribution in [3.05, 3.63) is 11.7 Å². The third-order valence-electron chi connectivity index (χ3n) is 1.86. The lowest BCUT2D eigenvalue weighted by atomic mass is 9.95. The summed E-state index contributed by atoms with van der Waals surface area (Å²) in [5.74, 6) is -0.525. The van der Waals surface area contributed by atoms with Crippen LogP contribution in [-0.4, -0.2) is 34.4 Å². The first-order chi connectivity index (χ1) is 7.01. The number of aliphatic hydroxyl groups excluding tert-OH is 1. The van der Waals surface area contributed by atoms with E-state index in [0.29, 0.717) is 0 Å². The van der Waals surface area contributed by atoms with E-state index in [-0.39, 0.29) is 24.9 Å².